The van der Waals surface area contributed by atoms with E-state index in [1.807, 2.05) is 23.4 Å². The summed E-state index contributed by atoms with van der Waals surface area (Å²) in [5.74, 6) is 0.525. The van der Waals surface area contributed by atoms with E-state index < -0.39 is 0 Å². The molecule has 2 rings (SSSR count). The lowest BCUT2D eigenvalue weighted by Crippen LogP contribution is -2.34. The highest BCUT2D eigenvalue weighted by atomic mass is 32.1. The van der Waals surface area contributed by atoms with Gasteiger partial charge in [0.15, 0.2) is 5.11 Å². The summed E-state index contributed by atoms with van der Waals surface area (Å²) in [6, 6.07) is 10.4. The molecule has 3 N–H and O–H groups in total. The lowest BCUT2D eigenvalue weighted by Gasteiger charge is -2.23. The molecule has 1 aromatic heterocycles. The van der Waals surface area contributed by atoms with Gasteiger partial charge < -0.3 is 15.6 Å². The first-order valence-electron chi connectivity index (χ1n) is 6.36. The molecule has 100 valence electrons. The molecule has 0 atom stereocenters. The SMILES string of the molecule is CC(C)c1ccc(N(Cc2cc[nH]c2)C(N)=S)cc1. The first-order chi connectivity index (χ1) is 9.08. The highest BCUT2D eigenvalue weighted by Gasteiger charge is 2.11. The third kappa shape index (κ3) is 3.35. The topological polar surface area (TPSA) is 45.0 Å². The van der Waals surface area contributed by atoms with Crippen molar-refractivity contribution in [2.24, 2.45) is 5.73 Å². The van der Waals surface area contributed by atoms with Crippen LogP contribution in [-0.4, -0.2) is 10.1 Å². The molecule has 3 nitrogen and oxygen atoms in total. The summed E-state index contributed by atoms with van der Waals surface area (Å²) in [6.45, 7) is 5.04. The molecule has 0 spiro atoms. The molecule has 0 saturated carbocycles. The van der Waals surface area contributed by atoms with Gasteiger partial charge in [0.2, 0.25) is 0 Å². The molecule has 0 radical (unpaired) electrons. The monoisotopic (exact) mass is 273 g/mol. The average Bonchev–Trinajstić information content (AvgIpc) is 2.88. The van der Waals surface area contributed by atoms with E-state index in [4.69, 9.17) is 18.0 Å². The Morgan fingerprint density at radius 1 is 1.26 bits per heavy atom. The molecule has 0 saturated heterocycles. The summed E-state index contributed by atoms with van der Waals surface area (Å²) in [5, 5.41) is 0.387. The van der Waals surface area contributed by atoms with E-state index in [-0.39, 0.29) is 0 Å². The van der Waals surface area contributed by atoms with Crippen LogP contribution in [0.4, 0.5) is 5.69 Å². The Morgan fingerprint density at radius 2 is 1.95 bits per heavy atom. The van der Waals surface area contributed by atoms with E-state index in [1.54, 1.807) is 0 Å². The van der Waals surface area contributed by atoms with E-state index in [0.29, 0.717) is 17.6 Å². The predicted octanol–water partition coefficient (Wildman–Crippen LogP) is 3.39. The number of nitrogens with one attached hydrogen (secondary N) is 1. The van der Waals surface area contributed by atoms with Crippen LogP contribution in [-0.2, 0) is 6.54 Å². The van der Waals surface area contributed by atoms with Crippen molar-refractivity contribution in [2.45, 2.75) is 26.3 Å². The minimum Gasteiger partial charge on any atom is -0.376 e. The van der Waals surface area contributed by atoms with Crippen LogP contribution in [0, 0.1) is 0 Å². The highest BCUT2D eigenvalue weighted by Crippen LogP contribution is 2.21. The van der Waals surface area contributed by atoms with Gasteiger partial charge in [-0.05, 0) is 47.5 Å². The second kappa shape index (κ2) is 5.89. The number of aromatic nitrogens is 1. The van der Waals surface area contributed by atoms with Gasteiger partial charge in [0, 0.05) is 18.1 Å². The van der Waals surface area contributed by atoms with E-state index in [0.717, 1.165) is 11.3 Å². The lowest BCUT2D eigenvalue weighted by atomic mass is 10.0. The molecule has 0 unspecified atom stereocenters. The van der Waals surface area contributed by atoms with Gasteiger partial charge in [-0.3, -0.25) is 0 Å². The number of anilines is 1. The maximum absolute atomic E-state index is 5.83. The Balaban J connectivity index is 2.21. The Labute approximate surface area is 119 Å². The number of H-pyrrole nitrogens is 1. The van der Waals surface area contributed by atoms with Crippen molar-refractivity contribution in [3.05, 3.63) is 53.9 Å². The van der Waals surface area contributed by atoms with Crippen LogP contribution in [0.1, 0.15) is 30.9 Å². The van der Waals surface area contributed by atoms with E-state index in [1.165, 1.54) is 5.56 Å². The van der Waals surface area contributed by atoms with Crippen molar-refractivity contribution in [2.75, 3.05) is 4.90 Å². The van der Waals surface area contributed by atoms with E-state index >= 15 is 0 Å². The van der Waals surface area contributed by atoms with Gasteiger partial charge >= 0.3 is 0 Å². The van der Waals surface area contributed by atoms with Gasteiger partial charge in [0.25, 0.3) is 0 Å². The van der Waals surface area contributed by atoms with Crippen LogP contribution in [0.15, 0.2) is 42.7 Å². The number of hydrogen-bond acceptors (Lipinski definition) is 1. The third-order valence-electron chi connectivity index (χ3n) is 3.14. The number of thiocarbonyl (C=S) groups is 1. The molecule has 0 aliphatic rings. The summed E-state index contributed by atoms with van der Waals surface area (Å²) in [6.07, 6.45) is 3.85. The molecule has 0 fully saturated rings. The predicted molar refractivity (Wildman–Crippen MR) is 84.3 cm³/mol. The molecule has 2 aromatic rings. The fourth-order valence-electron chi connectivity index (χ4n) is 1.97. The smallest absolute Gasteiger partial charge is 0.171 e. The summed E-state index contributed by atoms with van der Waals surface area (Å²) >= 11 is 5.15. The van der Waals surface area contributed by atoms with Gasteiger partial charge in [-0.1, -0.05) is 26.0 Å². The molecule has 1 aromatic carbocycles. The summed E-state index contributed by atoms with van der Waals surface area (Å²) < 4.78 is 0. The van der Waals surface area contributed by atoms with Crippen LogP contribution in [0.25, 0.3) is 0 Å². The zero-order valence-electron chi connectivity index (χ0n) is 11.3. The second-order valence-corrected chi connectivity index (χ2v) is 5.31. The number of nitrogens with two attached hydrogens (primary N) is 1. The molecular weight excluding hydrogens is 254 g/mol. The zero-order chi connectivity index (χ0) is 13.8. The number of aromatic amines is 1. The summed E-state index contributed by atoms with van der Waals surface area (Å²) in [5.41, 5.74) is 9.32. The average molecular weight is 273 g/mol. The molecule has 0 amide bonds. The molecule has 0 aliphatic heterocycles. The summed E-state index contributed by atoms with van der Waals surface area (Å²) in [4.78, 5) is 4.97. The Hall–Kier alpha value is -1.81. The lowest BCUT2D eigenvalue weighted by molar-refractivity contribution is 0.866. The maximum Gasteiger partial charge on any atom is 0.171 e. The van der Waals surface area contributed by atoms with Gasteiger partial charge in [0.1, 0.15) is 0 Å². The Bertz CT molecular complexity index is 529. The number of hydrogen-bond donors (Lipinski definition) is 2. The van der Waals surface area contributed by atoms with Crippen molar-refractivity contribution < 1.29 is 0 Å². The molecule has 0 aliphatic carbocycles. The minimum absolute atomic E-state index is 0.387. The van der Waals surface area contributed by atoms with Crippen molar-refractivity contribution in [1.29, 1.82) is 0 Å². The van der Waals surface area contributed by atoms with Crippen LogP contribution in [0.3, 0.4) is 0 Å². The first kappa shape index (κ1) is 13.6. The molecule has 4 heteroatoms. The zero-order valence-corrected chi connectivity index (χ0v) is 12.1. The second-order valence-electron chi connectivity index (χ2n) is 4.89. The van der Waals surface area contributed by atoms with E-state index in [2.05, 4.69) is 43.1 Å². The highest BCUT2D eigenvalue weighted by molar-refractivity contribution is 7.80. The van der Waals surface area contributed by atoms with Crippen LogP contribution < -0.4 is 10.6 Å². The largest absolute Gasteiger partial charge is 0.376 e. The number of benzene rings is 1. The van der Waals surface area contributed by atoms with Gasteiger partial charge in [-0.2, -0.15) is 0 Å². The summed E-state index contributed by atoms with van der Waals surface area (Å²) in [7, 11) is 0. The van der Waals surface area contributed by atoms with Crippen molar-refractivity contribution in [3.8, 4) is 0 Å². The minimum atomic E-state index is 0.387. The van der Waals surface area contributed by atoms with Crippen LogP contribution >= 0.6 is 12.2 Å². The van der Waals surface area contributed by atoms with Crippen molar-refractivity contribution >= 4 is 23.0 Å². The van der Waals surface area contributed by atoms with E-state index in [9.17, 15) is 0 Å². The standard InChI is InChI=1S/C15H19N3S/c1-11(2)13-3-5-14(6-4-13)18(15(16)19)10-12-7-8-17-9-12/h3-9,11,17H,10H2,1-2H3,(H2,16,19). The fourth-order valence-corrected chi connectivity index (χ4v) is 2.14. The van der Waals surface area contributed by atoms with Gasteiger partial charge in [0.05, 0.1) is 6.54 Å². The Kier molecular flexibility index (Phi) is 4.22. The first-order valence-corrected chi connectivity index (χ1v) is 6.77. The van der Waals surface area contributed by atoms with Crippen molar-refractivity contribution in [3.63, 3.8) is 0 Å². The van der Waals surface area contributed by atoms with Crippen LogP contribution in [0.5, 0.6) is 0 Å². The third-order valence-corrected chi connectivity index (χ3v) is 3.36. The fraction of sp³-hybridized carbons (Fsp3) is 0.267. The molecule has 1 heterocycles. The van der Waals surface area contributed by atoms with Crippen LogP contribution in [0.2, 0.25) is 0 Å². The maximum atomic E-state index is 5.83. The molecule has 19 heavy (non-hydrogen) atoms. The quantitative estimate of drug-likeness (QED) is 0.839. The Morgan fingerprint density at radius 3 is 2.42 bits per heavy atom. The van der Waals surface area contributed by atoms with Crippen molar-refractivity contribution in [1.82, 2.24) is 4.98 Å². The number of nitrogens with zero attached hydrogens (tertiary/aromatic N) is 1. The molecule has 0 bridgehead atoms. The molecular formula is C15H19N3S. The number of rotatable bonds is 4. The normalized spacial score (nSPS) is 10.7. The van der Waals surface area contributed by atoms with Gasteiger partial charge in [-0.25, -0.2) is 0 Å². The van der Waals surface area contributed by atoms with Gasteiger partial charge in [-0.15, -0.1) is 0 Å².